The first kappa shape index (κ1) is 12.8. The number of amides is 1. The Hall–Kier alpha value is -1.30. The summed E-state index contributed by atoms with van der Waals surface area (Å²) < 4.78 is 5.21. The van der Waals surface area contributed by atoms with Crippen LogP contribution in [-0.2, 0) is 9.53 Å². The third kappa shape index (κ3) is 3.37. The molecule has 92 valence electrons. The SMILES string of the molecule is CCC(C(=O)NCC1CCOC1)C(N)=NO. The van der Waals surface area contributed by atoms with E-state index in [2.05, 4.69) is 10.5 Å². The topological polar surface area (TPSA) is 96.9 Å². The average Bonchev–Trinajstić information content (AvgIpc) is 2.79. The molecule has 1 saturated heterocycles. The Bertz CT molecular complexity index is 262. The Morgan fingerprint density at radius 2 is 2.50 bits per heavy atom. The molecule has 0 aromatic rings. The fourth-order valence-corrected chi connectivity index (χ4v) is 1.71. The summed E-state index contributed by atoms with van der Waals surface area (Å²) in [5.41, 5.74) is 5.43. The quantitative estimate of drug-likeness (QED) is 0.266. The molecule has 2 atom stereocenters. The number of amidine groups is 1. The zero-order valence-electron chi connectivity index (χ0n) is 9.48. The molecule has 1 aliphatic rings. The molecule has 0 aliphatic carbocycles. The molecular weight excluding hydrogens is 210 g/mol. The van der Waals surface area contributed by atoms with Crippen LogP contribution in [0.3, 0.4) is 0 Å². The van der Waals surface area contributed by atoms with Crippen molar-refractivity contribution in [2.45, 2.75) is 19.8 Å². The minimum absolute atomic E-state index is 0.0392. The molecule has 1 rings (SSSR count). The van der Waals surface area contributed by atoms with Gasteiger partial charge in [-0.25, -0.2) is 0 Å². The van der Waals surface area contributed by atoms with Crippen LogP contribution in [-0.4, -0.2) is 36.7 Å². The van der Waals surface area contributed by atoms with Crippen molar-refractivity contribution < 1.29 is 14.7 Å². The Morgan fingerprint density at radius 3 is 3.00 bits per heavy atom. The summed E-state index contributed by atoms with van der Waals surface area (Å²) in [7, 11) is 0. The minimum atomic E-state index is -0.549. The van der Waals surface area contributed by atoms with Crippen LogP contribution in [0, 0.1) is 11.8 Å². The van der Waals surface area contributed by atoms with E-state index >= 15 is 0 Å². The normalized spacial score (nSPS) is 23.1. The van der Waals surface area contributed by atoms with E-state index in [1.165, 1.54) is 0 Å². The van der Waals surface area contributed by atoms with Gasteiger partial charge < -0.3 is 21.0 Å². The maximum atomic E-state index is 11.7. The first-order chi connectivity index (χ1) is 7.69. The molecular formula is C10H19N3O3. The van der Waals surface area contributed by atoms with Crippen molar-refractivity contribution in [2.24, 2.45) is 22.7 Å². The van der Waals surface area contributed by atoms with Gasteiger partial charge in [0, 0.05) is 19.1 Å². The highest BCUT2D eigenvalue weighted by Crippen LogP contribution is 2.11. The molecule has 0 saturated carbocycles. The fraction of sp³-hybridized carbons (Fsp3) is 0.800. The van der Waals surface area contributed by atoms with Gasteiger partial charge in [-0.05, 0) is 12.8 Å². The van der Waals surface area contributed by atoms with Gasteiger partial charge in [0.1, 0.15) is 0 Å². The van der Waals surface area contributed by atoms with Crippen molar-refractivity contribution in [3.8, 4) is 0 Å². The lowest BCUT2D eigenvalue weighted by molar-refractivity contribution is -0.123. The molecule has 0 aromatic heterocycles. The van der Waals surface area contributed by atoms with Gasteiger partial charge in [-0.1, -0.05) is 12.1 Å². The van der Waals surface area contributed by atoms with Crippen molar-refractivity contribution in [3.63, 3.8) is 0 Å². The van der Waals surface area contributed by atoms with Gasteiger partial charge in [0.15, 0.2) is 5.84 Å². The van der Waals surface area contributed by atoms with Gasteiger partial charge in [-0.2, -0.15) is 0 Å². The fourth-order valence-electron chi connectivity index (χ4n) is 1.71. The number of rotatable bonds is 5. The summed E-state index contributed by atoms with van der Waals surface area (Å²) in [5.74, 6) is -0.395. The zero-order chi connectivity index (χ0) is 12.0. The van der Waals surface area contributed by atoms with Gasteiger partial charge in [0.2, 0.25) is 5.91 Å². The zero-order valence-corrected chi connectivity index (χ0v) is 9.48. The smallest absolute Gasteiger partial charge is 0.230 e. The molecule has 6 nitrogen and oxygen atoms in total. The van der Waals surface area contributed by atoms with Crippen LogP contribution in [0.1, 0.15) is 19.8 Å². The van der Waals surface area contributed by atoms with Gasteiger partial charge in [-0.15, -0.1) is 0 Å². The number of hydrogen-bond acceptors (Lipinski definition) is 4. The molecule has 4 N–H and O–H groups in total. The molecule has 0 spiro atoms. The van der Waals surface area contributed by atoms with Crippen molar-refractivity contribution in [1.82, 2.24) is 5.32 Å². The molecule has 6 heteroatoms. The lowest BCUT2D eigenvalue weighted by Crippen LogP contribution is -2.40. The van der Waals surface area contributed by atoms with Crippen LogP contribution in [0.5, 0.6) is 0 Å². The summed E-state index contributed by atoms with van der Waals surface area (Å²) in [6.07, 6.45) is 1.49. The predicted octanol–water partition coefficient (Wildman–Crippen LogP) is -0.0883. The van der Waals surface area contributed by atoms with Crippen LogP contribution in [0.15, 0.2) is 5.16 Å². The highest BCUT2D eigenvalue weighted by atomic mass is 16.5. The van der Waals surface area contributed by atoms with Crippen molar-refractivity contribution in [1.29, 1.82) is 0 Å². The number of nitrogens with zero attached hydrogens (tertiary/aromatic N) is 1. The van der Waals surface area contributed by atoms with Gasteiger partial charge in [-0.3, -0.25) is 4.79 Å². The molecule has 2 unspecified atom stereocenters. The summed E-state index contributed by atoms with van der Waals surface area (Å²) in [6, 6.07) is 0. The maximum absolute atomic E-state index is 11.7. The first-order valence-corrected chi connectivity index (χ1v) is 5.51. The molecule has 0 aromatic carbocycles. The molecule has 1 heterocycles. The molecule has 16 heavy (non-hydrogen) atoms. The molecule has 1 aliphatic heterocycles. The minimum Gasteiger partial charge on any atom is -0.409 e. The van der Waals surface area contributed by atoms with Gasteiger partial charge >= 0.3 is 0 Å². The van der Waals surface area contributed by atoms with Crippen molar-refractivity contribution in [2.75, 3.05) is 19.8 Å². The summed E-state index contributed by atoms with van der Waals surface area (Å²) in [6.45, 7) is 3.87. The summed E-state index contributed by atoms with van der Waals surface area (Å²) in [5, 5.41) is 14.2. The Labute approximate surface area is 94.8 Å². The number of carbonyl (C=O) groups excluding carboxylic acids is 1. The number of ether oxygens (including phenoxy) is 1. The lowest BCUT2D eigenvalue weighted by atomic mass is 10.0. The number of nitrogens with two attached hydrogens (primary N) is 1. The largest absolute Gasteiger partial charge is 0.409 e. The molecule has 1 fully saturated rings. The Balaban J connectivity index is 2.37. The van der Waals surface area contributed by atoms with E-state index in [-0.39, 0.29) is 11.7 Å². The predicted molar refractivity (Wildman–Crippen MR) is 59.1 cm³/mol. The maximum Gasteiger partial charge on any atom is 0.230 e. The second-order valence-corrected chi connectivity index (χ2v) is 3.96. The third-order valence-electron chi connectivity index (χ3n) is 2.79. The van der Waals surface area contributed by atoms with Gasteiger partial charge in [0.05, 0.1) is 12.5 Å². The standard InChI is InChI=1S/C10H19N3O3/c1-2-8(9(11)13-15)10(14)12-5-7-3-4-16-6-7/h7-8,15H,2-6H2,1H3,(H2,11,13)(H,12,14). The Morgan fingerprint density at radius 1 is 1.75 bits per heavy atom. The van der Waals surface area contributed by atoms with Crippen LogP contribution < -0.4 is 11.1 Å². The molecule has 0 radical (unpaired) electrons. The van der Waals surface area contributed by atoms with E-state index in [4.69, 9.17) is 15.7 Å². The number of oxime groups is 1. The third-order valence-corrected chi connectivity index (χ3v) is 2.79. The monoisotopic (exact) mass is 229 g/mol. The summed E-state index contributed by atoms with van der Waals surface area (Å²) >= 11 is 0. The van der Waals surface area contributed by atoms with E-state index in [1.54, 1.807) is 0 Å². The average molecular weight is 229 g/mol. The van der Waals surface area contributed by atoms with Crippen molar-refractivity contribution in [3.05, 3.63) is 0 Å². The van der Waals surface area contributed by atoms with Gasteiger partial charge in [0.25, 0.3) is 0 Å². The van der Waals surface area contributed by atoms with E-state index in [9.17, 15) is 4.79 Å². The van der Waals surface area contributed by atoms with Crippen LogP contribution in [0.25, 0.3) is 0 Å². The van der Waals surface area contributed by atoms with E-state index in [1.807, 2.05) is 6.92 Å². The second kappa shape index (κ2) is 6.32. The lowest BCUT2D eigenvalue weighted by Gasteiger charge is -2.15. The molecule has 1 amide bonds. The van der Waals surface area contributed by atoms with Crippen molar-refractivity contribution >= 4 is 11.7 Å². The molecule has 0 bridgehead atoms. The highest BCUT2D eigenvalue weighted by molar-refractivity contribution is 6.01. The van der Waals surface area contributed by atoms with Crippen LogP contribution in [0.4, 0.5) is 0 Å². The van der Waals surface area contributed by atoms with Crippen LogP contribution >= 0.6 is 0 Å². The number of hydrogen-bond donors (Lipinski definition) is 3. The number of nitrogens with one attached hydrogen (secondary N) is 1. The second-order valence-electron chi connectivity index (χ2n) is 3.96. The van der Waals surface area contributed by atoms with E-state index in [0.717, 1.165) is 13.0 Å². The first-order valence-electron chi connectivity index (χ1n) is 5.51. The number of carbonyl (C=O) groups is 1. The Kier molecular flexibility index (Phi) is 5.04. The van der Waals surface area contributed by atoms with E-state index in [0.29, 0.717) is 25.5 Å². The summed E-state index contributed by atoms with van der Waals surface area (Å²) in [4.78, 5) is 11.7. The van der Waals surface area contributed by atoms with Crippen LogP contribution in [0.2, 0.25) is 0 Å². The van der Waals surface area contributed by atoms with E-state index < -0.39 is 5.92 Å². The highest BCUT2D eigenvalue weighted by Gasteiger charge is 2.23.